The van der Waals surface area contributed by atoms with Gasteiger partial charge in [0.1, 0.15) is 5.75 Å². The number of fused-ring (bicyclic) bond motifs is 1. The Morgan fingerprint density at radius 3 is 2.86 bits per heavy atom. The lowest BCUT2D eigenvalue weighted by Crippen LogP contribution is -2.03. The fourth-order valence-electron chi connectivity index (χ4n) is 1.49. The summed E-state index contributed by atoms with van der Waals surface area (Å²) in [6, 6.07) is 4.63. The molecule has 0 aliphatic rings. The second-order valence-corrected chi connectivity index (χ2v) is 3.54. The van der Waals surface area contributed by atoms with Crippen LogP contribution in [0.4, 0.5) is 0 Å². The molecule has 3 nitrogen and oxygen atoms in total. The highest BCUT2D eigenvalue weighted by atomic mass is 35.5. The number of pyridine rings is 1. The van der Waals surface area contributed by atoms with E-state index in [1.54, 1.807) is 12.1 Å². The summed E-state index contributed by atoms with van der Waals surface area (Å²) in [4.78, 5) is 13.7. The lowest BCUT2D eigenvalue weighted by atomic mass is 10.1. The van der Waals surface area contributed by atoms with Gasteiger partial charge < -0.3 is 10.1 Å². The molecule has 1 aromatic carbocycles. The highest BCUT2D eigenvalue weighted by molar-refractivity contribution is 6.35. The zero-order valence-electron chi connectivity index (χ0n) is 7.47. The van der Waals surface area contributed by atoms with Crippen LogP contribution in [0.5, 0.6) is 5.75 Å². The predicted molar refractivity (Wildman–Crippen MR) is 56.0 cm³/mol. The van der Waals surface area contributed by atoms with Gasteiger partial charge in [0.05, 0.1) is 10.5 Å². The Morgan fingerprint density at radius 2 is 2.14 bits per heavy atom. The Hall–Kier alpha value is -1.48. The maximum Gasteiger partial charge on any atom is 0.252 e. The van der Waals surface area contributed by atoms with Crippen LogP contribution in [0.3, 0.4) is 0 Å². The Morgan fingerprint density at radius 1 is 1.43 bits per heavy atom. The third kappa shape index (κ3) is 1.26. The lowest BCUT2D eigenvalue weighted by Gasteiger charge is -2.05. The number of halogens is 1. The summed E-state index contributed by atoms with van der Waals surface area (Å²) in [7, 11) is 0. The SMILES string of the molecule is Cc1ccc(Cl)c2[nH]c(=O)cc(O)c12. The predicted octanol–water partition coefficient (Wildman–Crippen LogP) is 2.20. The first-order chi connectivity index (χ1) is 6.59. The third-order valence-corrected chi connectivity index (χ3v) is 2.45. The van der Waals surface area contributed by atoms with Crippen molar-refractivity contribution >= 4 is 22.5 Å². The Balaban J connectivity index is 3.07. The number of aromatic nitrogens is 1. The van der Waals surface area contributed by atoms with Crippen LogP contribution in [0.2, 0.25) is 5.02 Å². The van der Waals surface area contributed by atoms with E-state index in [0.717, 1.165) is 11.6 Å². The fourth-order valence-corrected chi connectivity index (χ4v) is 1.69. The van der Waals surface area contributed by atoms with Crippen LogP contribution in [-0.2, 0) is 0 Å². The van der Waals surface area contributed by atoms with Crippen LogP contribution in [-0.4, -0.2) is 10.1 Å². The molecule has 2 aromatic rings. The number of aromatic amines is 1. The van der Waals surface area contributed by atoms with Crippen LogP contribution in [0.15, 0.2) is 23.0 Å². The summed E-state index contributed by atoms with van der Waals surface area (Å²) in [5.41, 5.74) is 0.998. The molecular formula is C10H8ClNO2. The Kier molecular flexibility index (Phi) is 1.97. The van der Waals surface area contributed by atoms with Gasteiger partial charge in [-0.05, 0) is 18.6 Å². The monoisotopic (exact) mass is 209 g/mol. The zero-order chi connectivity index (χ0) is 10.3. The van der Waals surface area contributed by atoms with Gasteiger partial charge in [-0.25, -0.2) is 0 Å². The van der Waals surface area contributed by atoms with Crippen LogP contribution < -0.4 is 5.56 Å². The minimum absolute atomic E-state index is 0.0382. The maximum absolute atomic E-state index is 11.1. The van der Waals surface area contributed by atoms with Gasteiger partial charge in [-0.3, -0.25) is 4.79 Å². The molecule has 0 saturated carbocycles. The van der Waals surface area contributed by atoms with Crippen molar-refractivity contribution in [1.82, 2.24) is 4.98 Å². The minimum atomic E-state index is -0.359. The Bertz CT molecular complexity index is 560. The van der Waals surface area contributed by atoms with Crippen LogP contribution >= 0.6 is 11.6 Å². The summed E-state index contributed by atoms with van der Waals surface area (Å²) in [5.74, 6) is -0.0382. The van der Waals surface area contributed by atoms with Crippen molar-refractivity contribution in [1.29, 1.82) is 0 Å². The first-order valence-electron chi connectivity index (χ1n) is 4.10. The number of nitrogens with one attached hydrogen (secondary N) is 1. The topological polar surface area (TPSA) is 53.1 Å². The van der Waals surface area contributed by atoms with Crippen molar-refractivity contribution in [3.63, 3.8) is 0 Å². The molecule has 1 heterocycles. The van der Waals surface area contributed by atoms with Crippen molar-refractivity contribution in [2.45, 2.75) is 6.92 Å². The molecule has 2 N–H and O–H groups in total. The molecule has 0 saturated heterocycles. The van der Waals surface area contributed by atoms with Crippen molar-refractivity contribution in [2.75, 3.05) is 0 Å². The molecule has 4 heteroatoms. The smallest absolute Gasteiger partial charge is 0.252 e. The van der Waals surface area contributed by atoms with E-state index >= 15 is 0 Å². The largest absolute Gasteiger partial charge is 0.507 e. The molecule has 0 bridgehead atoms. The highest BCUT2D eigenvalue weighted by Gasteiger charge is 2.07. The molecule has 1 aromatic heterocycles. The molecule has 0 amide bonds. The molecule has 0 radical (unpaired) electrons. The van der Waals surface area contributed by atoms with Gasteiger partial charge in [0.15, 0.2) is 0 Å². The number of aromatic hydroxyl groups is 1. The number of aryl methyl sites for hydroxylation is 1. The van der Waals surface area contributed by atoms with E-state index < -0.39 is 0 Å². The number of hydrogen-bond acceptors (Lipinski definition) is 2. The molecule has 0 aliphatic heterocycles. The first-order valence-corrected chi connectivity index (χ1v) is 4.48. The van der Waals surface area contributed by atoms with Crippen LogP contribution in [0.1, 0.15) is 5.56 Å². The molecule has 72 valence electrons. The molecular weight excluding hydrogens is 202 g/mol. The van der Waals surface area contributed by atoms with Crippen molar-refractivity contribution in [2.24, 2.45) is 0 Å². The van der Waals surface area contributed by atoms with E-state index in [-0.39, 0.29) is 11.3 Å². The second kappa shape index (κ2) is 3.03. The first kappa shape index (κ1) is 9.09. The van der Waals surface area contributed by atoms with Gasteiger partial charge in [-0.15, -0.1) is 0 Å². The van der Waals surface area contributed by atoms with Crippen LogP contribution in [0, 0.1) is 6.92 Å². The maximum atomic E-state index is 11.1. The summed E-state index contributed by atoms with van der Waals surface area (Å²) < 4.78 is 0. The molecule has 0 unspecified atom stereocenters. The summed E-state index contributed by atoms with van der Waals surface area (Å²) >= 11 is 5.89. The van der Waals surface area contributed by atoms with Crippen molar-refractivity contribution in [3.8, 4) is 5.75 Å². The molecule has 0 spiro atoms. The third-order valence-electron chi connectivity index (χ3n) is 2.13. The molecule has 0 aliphatic carbocycles. The summed E-state index contributed by atoms with van der Waals surface area (Å²) in [5, 5.41) is 10.6. The van der Waals surface area contributed by atoms with Crippen molar-refractivity contribution < 1.29 is 5.11 Å². The van der Waals surface area contributed by atoms with E-state index in [1.165, 1.54) is 0 Å². The lowest BCUT2D eigenvalue weighted by molar-refractivity contribution is 0.480. The average Bonchev–Trinajstić information content (AvgIpc) is 2.10. The summed E-state index contributed by atoms with van der Waals surface area (Å²) in [6.07, 6.45) is 0. The van der Waals surface area contributed by atoms with Gasteiger partial charge in [0.2, 0.25) is 0 Å². The fraction of sp³-hybridized carbons (Fsp3) is 0.100. The number of H-pyrrole nitrogens is 1. The van der Waals surface area contributed by atoms with E-state index in [4.69, 9.17) is 11.6 Å². The van der Waals surface area contributed by atoms with Gasteiger partial charge >= 0.3 is 0 Å². The van der Waals surface area contributed by atoms with Gasteiger partial charge in [0, 0.05) is 11.5 Å². The van der Waals surface area contributed by atoms with E-state index in [2.05, 4.69) is 4.98 Å². The normalized spacial score (nSPS) is 10.7. The Labute approximate surface area is 85.0 Å². The van der Waals surface area contributed by atoms with E-state index in [9.17, 15) is 9.90 Å². The summed E-state index contributed by atoms with van der Waals surface area (Å²) in [6.45, 7) is 1.84. The molecule has 2 rings (SSSR count). The van der Waals surface area contributed by atoms with Crippen molar-refractivity contribution in [3.05, 3.63) is 39.1 Å². The quantitative estimate of drug-likeness (QED) is 0.699. The minimum Gasteiger partial charge on any atom is -0.507 e. The zero-order valence-corrected chi connectivity index (χ0v) is 8.22. The van der Waals surface area contributed by atoms with Crippen LogP contribution in [0.25, 0.3) is 10.9 Å². The standard InChI is InChI=1S/C10H8ClNO2/c1-5-2-3-6(11)10-9(5)7(13)4-8(14)12-10/h2-4H,1H3,(H2,12,13,14). The second-order valence-electron chi connectivity index (χ2n) is 3.13. The van der Waals surface area contributed by atoms with E-state index in [1.807, 2.05) is 6.92 Å². The van der Waals surface area contributed by atoms with Gasteiger partial charge in [0.25, 0.3) is 5.56 Å². The van der Waals surface area contributed by atoms with E-state index in [0.29, 0.717) is 15.9 Å². The number of rotatable bonds is 0. The number of hydrogen-bond donors (Lipinski definition) is 2. The molecule has 0 atom stereocenters. The molecule has 14 heavy (non-hydrogen) atoms. The molecule has 0 fully saturated rings. The highest BCUT2D eigenvalue weighted by Crippen LogP contribution is 2.29. The average molecular weight is 210 g/mol. The number of benzene rings is 1. The van der Waals surface area contributed by atoms with Gasteiger partial charge in [-0.2, -0.15) is 0 Å². The van der Waals surface area contributed by atoms with Gasteiger partial charge in [-0.1, -0.05) is 17.7 Å².